The Balaban J connectivity index is 2.85. The summed E-state index contributed by atoms with van der Waals surface area (Å²) in [4.78, 5) is 16.6. The van der Waals surface area contributed by atoms with Crippen molar-refractivity contribution in [2.24, 2.45) is 11.1 Å². The van der Waals surface area contributed by atoms with Gasteiger partial charge in [-0.15, -0.1) is 0 Å². The Hall–Kier alpha value is -1.55. The van der Waals surface area contributed by atoms with Crippen molar-refractivity contribution in [2.45, 2.75) is 33.7 Å². The zero-order chi connectivity index (χ0) is 16.0. The number of hydrogen-bond acceptors (Lipinski definition) is 3. The second-order valence-corrected chi connectivity index (χ2v) is 6.00. The number of benzene rings is 1. The van der Waals surface area contributed by atoms with Crippen molar-refractivity contribution in [2.75, 3.05) is 32.1 Å². The van der Waals surface area contributed by atoms with E-state index in [1.165, 1.54) is 0 Å². The predicted molar refractivity (Wildman–Crippen MR) is 89.3 cm³/mol. The van der Waals surface area contributed by atoms with Crippen molar-refractivity contribution in [1.82, 2.24) is 4.90 Å². The van der Waals surface area contributed by atoms with E-state index < -0.39 is 5.41 Å². The first-order valence-electron chi connectivity index (χ1n) is 7.63. The third-order valence-electron chi connectivity index (χ3n) is 4.24. The van der Waals surface area contributed by atoms with Crippen molar-refractivity contribution in [1.29, 1.82) is 0 Å². The summed E-state index contributed by atoms with van der Waals surface area (Å²) in [6.07, 6.45) is 0.762. The van der Waals surface area contributed by atoms with Crippen LogP contribution >= 0.6 is 0 Å². The minimum atomic E-state index is -0.459. The normalized spacial score (nSPS) is 13.6. The van der Waals surface area contributed by atoms with Crippen molar-refractivity contribution in [3.05, 3.63) is 29.8 Å². The molecule has 0 aromatic heterocycles. The molecule has 0 radical (unpaired) electrons. The maximum Gasteiger partial charge on any atom is 0.230 e. The van der Waals surface area contributed by atoms with E-state index in [-0.39, 0.29) is 5.91 Å². The molecule has 1 amide bonds. The highest BCUT2D eigenvalue weighted by Gasteiger charge is 2.33. The van der Waals surface area contributed by atoms with Gasteiger partial charge in [0.15, 0.2) is 0 Å². The summed E-state index contributed by atoms with van der Waals surface area (Å²) in [6, 6.07) is 8.32. The fraction of sp³-hybridized carbons (Fsp3) is 0.588. The first-order valence-corrected chi connectivity index (χ1v) is 7.63. The molecule has 0 heterocycles. The Kier molecular flexibility index (Phi) is 6.21. The molecule has 0 bridgehead atoms. The standard InChI is InChI=1S/C17H29N3O/c1-6-17(3,13-18)16(21)20(7-2)12-14-8-10-15(11-9-14)19(4)5/h8-11H,6-7,12-13,18H2,1-5H3. The van der Waals surface area contributed by atoms with E-state index in [1.54, 1.807) is 0 Å². The van der Waals surface area contributed by atoms with Gasteiger partial charge in [-0.05, 0) is 38.0 Å². The highest BCUT2D eigenvalue weighted by molar-refractivity contribution is 5.82. The largest absolute Gasteiger partial charge is 0.378 e. The quantitative estimate of drug-likeness (QED) is 0.839. The molecule has 4 heteroatoms. The monoisotopic (exact) mass is 291 g/mol. The zero-order valence-corrected chi connectivity index (χ0v) is 14.0. The van der Waals surface area contributed by atoms with E-state index in [2.05, 4.69) is 29.2 Å². The van der Waals surface area contributed by atoms with Crippen molar-refractivity contribution in [3.63, 3.8) is 0 Å². The number of carbonyl (C=O) groups excluding carboxylic acids is 1. The smallest absolute Gasteiger partial charge is 0.230 e. The van der Waals surface area contributed by atoms with Crippen LogP contribution < -0.4 is 10.6 Å². The molecule has 1 atom stereocenters. The molecule has 1 aromatic rings. The van der Waals surface area contributed by atoms with Crippen LogP contribution in [0.25, 0.3) is 0 Å². The molecule has 0 aliphatic heterocycles. The summed E-state index contributed by atoms with van der Waals surface area (Å²) in [5, 5.41) is 0. The van der Waals surface area contributed by atoms with Gasteiger partial charge in [0.2, 0.25) is 5.91 Å². The van der Waals surface area contributed by atoms with Gasteiger partial charge in [-0.25, -0.2) is 0 Å². The molecule has 4 nitrogen and oxygen atoms in total. The average Bonchev–Trinajstić information content (AvgIpc) is 2.51. The second-order valence-electron chi connectivity index (χ2n) is 6.00. The van der Waals surface area contributed by atoms with Crippen molar-refractivity contribution < 1.29 is 4.79 Å². The van der Waals surface area contributed by atoms with Gasteiger partial charge in [0, 0.05) is 39.4 Å². The summed E-state index contributed by atoms with van der Waals surface area (Å²) in [6.45, 7) is 7.71. The number of nitrogens with zero attached hydrogens (tertiary/aromatic N) is 2. The van der Waals surface area contributed by atoms with E-state index in [9.17, 15) is 4.79 Å². The molecule has 0 aliphatic rings. The molecule has 21 heavy (non-hydrogen) atoms. The highest BCUT2D eigenvalue weighted by Crippen LogP contribution is 2.24. The zero-order valence-electron chi connectivity index (χ0n) is 14.0. The SMILES string of the molecule is CCN(Cc1ccc(N(C)C)cc1)C(=O)C(C)(CC)CN. The van der Waals surface area contributed by atoms with Gasteiger partial charge in [0.25, 0.3) is 0 Å². The Bertz CT molecular complexity index is 450. The minimum absolute atomic E-state index is 0.145. The lowest BCUT2D eigenvalue weighted by Crippen LogP contribution is -2.45. The van der Waals surface area contributed by atoms with Crippen LogP contribution in [0.4, 0.5) is 5.69 Å². The molecule has 1 unspecified atom stereocenters. The minimum Gasteiger partial charge on any atom is -0.378 e. The average molecular weight is 291 g/mol. The molecule has 118 valence electrons. The highest BCUT2D eigenvalue weighted by atomic mass is 16.2. The summed E-state index contributed by atoms with van der Waals surface area (Å²) in [5.74, 6) is 0.145. The molecule has 0 aliphatic carbocycles. The van der Waals surface area contributed by atoms with E-state index in [0.717, 1.165) is 17.7 Å². The Morgan fingerprint density at radius 1 is 1.19 bits per heavy atom. The predicted octanol–water partition coefficient (Wildman–Crippen LogP) is 2.48. The maximum absolute atomic E-state index is 12.7. The van der Waals surface area contributed by atoms with E-state index in [0.29, 0.717) is 19.6 Å². The van der Waals surface area contributed by atoms with Gasteiger partial charge >= 0.3 is 0 Å². The van der Waals surface area contributed by atoms with Crippen LogP contribution in [0.15, 0.2) is 24.3 Å². The van der Waals surface area contributed by atoms with Crippen LogP contribution in [-0.4, -0.2) is 38.0 Å². The topological polar surface area (TPSA) is 49.6 Å². The summed E-state index contributed by atoms with van der Waals surface area (Å²) in [7, 11) is 4.04. The van der Waals surface area contributed by atoms with Crippen LogP contribution in [0.1, 0.15) is 32.8 Å². The van der Waals surface area contributed by atoms with Gasteiger partial charge in [-0.3, -0.25) is 4.79 Å². The Morgan fingerprint density at radius 3 is 2.14 bits per heavy atom. The van der Waals surface area contributed by atoms with E-state index >= 15 is 0 Å². The third kappa shape index (κ3) is 4.21. The van der Waals surface area contributed by atoms with Gasteiger partial charge in [0.1, 0.15) is 0 Å². The fourth-order valence-corrected chi connectivity index (χ4v) is 2.21. The second kappa shape index (κ2) is 7.46. The number of nitrogens with two attached hydrogens (primary N) is 1. The van der Waals surface area contributed by atoms with Crippen LogP contribution in [-0.2, 0) is 11.3 Å². The van der Waals surface area contributed by atoms with Gasteiger partial charge < -0.3 is 15.5 Å². The molecule has 1 aromatic carbocycles. The molecular formula is C17H29N3O. The summed E-state index contributed by atoms with van der Waals surface area (Å²) < 4.78 is 0. The molecular weight excluding hydrogens is 262 g/mol. The van der Waals surface area contributed by atoms with Gasteiger partial charge in [-0.2, -0.15) is 0 Å². The first kappa shape index (κ1) is 17.5. The molecule has 0 fully saturated rings. The number of anilines is 1. The summed E-state index contributed by atoms with van der Waals surface area (Å²) >= 11 is 0. The molecule has 0 saturated carbocycles. The summed E-state index contributed by atoms with van der Waals surface area (Å²) in [5.41, 5.74) is 7.65. The van der Waals surface area contributed by atoms with Crippen molar-refractivity contribution in [3.8, 4) is 0 Å². The van der Waals surface area contributed by atoms with Crippen LogP contribution in [0.5, 0.6) is 0 Å². The van der Waals surface area contributed by atoms with Gasteiger partial charge in [0.05, 0.1) is 5.41 Å². The third-order valence-corrected chi connectivity index (χ3v) is 4.24. The lowest BCUT2D eigenvalue weighted by molar-refractivity contribution is -0.141. The first-order chi connectivity index (χ1) is 9.87. The number of carbonyl (C=O) groups is 1. The number of hydrogen-bond donors (Lipinski definition) is 1. The number of rotatable bonds is 7. The Morgan fingerprint density at radius 2 is 1.76 bits per heavy atom. The Labute approximate surface area is 128 Å². The lowest BCUT2D eigenvalue weighted by Gasteiger charge is -2.32. The van der Waals surface area contributed by atoms with Gasteiger partial charge in [-0.1, -0.05) is 19.1 Å². The van der Waals surface area contributed by atoms with Crippen LogP contribution in [0, 0.1) is 5.41 Å². The molecule has 2 N–H and O–H groups in total. The molecule has 0 spiro atoms. The van der Waals surface area contributed by atoms with E-state index in [4.69, 9.17) is 5.73 Å². The lowest BCUT2D eigenvalue weighted by atomic mass is 9.86. The molecule has 0 saturated heterocycles. The molecule has 1 rings (SSSR count). The maximum atomic E-state index is 12.7. The van der Waals surface area contributed by atoms with Crippen LogP contribution in [0.3, 0.4) is 0 Å². The fourth-order valence-electron chi connectivity index (χ4n) is 2.21. The number of amides is 1. The van der Waals surface area contributed by atoms with Crippen LogP contribution in [0.2, 0.25) is 0 Å². The van der Waals surface area contributed by atoms with Crippen molar-refractivity contribution >= 4 is 11.6 Å². The van der Waals surface area contributed by atoms with E-state index in [1.807, 2.05) is 39.8 Å².